The number of guanidine groups is 1. The van der Waals surface area contributed by atoms with Crippen LogP contribution in [0.2, 0.25) is 0 Å². The van der Waals surface area contributed by atoms with Gasteiger partial charge in [0, 0.05) is 25.1 Å². The second kappa shape index (κ2) is 14.2. The fraction of sp³-hybridized carbons (Fsp3) is 0.909. The van der Waals surface area contributed by atoms with Crippen LogP contribution in [0.25, 0.3) is 0 Å². The largest absolute Gasteiger partial charge is 0.378 e. The smallest absolute Gasteiger partial charge is 0.191 e. The van der Waals surface area contributed by atoms with Crippen LogP contribution in [0, 0.1) is 0 Å². The summed E-state index contributed by atoms with van der Waals surface area (Å²) in [5.41, 5.74) is 0. The SMILES string of the molecule is CCNC(=NCCOCCS(C)(=O)=O)NCCSC.I. The van der Waals surface area contributed by atoms with Gasteiger partial charge in [0.15, 0.2) is 5.96 Å². The fourth-order valence-electron chi connectivity index (χ4n) is 1.15. The van der Waals surface area contributed by atoms with Gasteiger partial charge in [0.25, 0.3) is 0 Å². The molecule has 0 aromatic heterocycles. The third-order valence-corrected chi connectivity index (χ3v) is 3.57. The highest BCUT2D eigenvalue weighted by molar-refractivity contribution is 14.0. The highest BCUT2D eigenvalue weighted by Gasteiger charge is 2.01. The van der Waals surface area contributed by atoms with Crippen LogP contribution >= 0.6 is 35.7 Å². The molecule has 0 aliphatic rings. The maximum atomic E-state index is 10.9. The van der Waals surface area contributed by atoms with Gasteiger partial charge in [-0.15, -0.1) is 24.0 Å². The van der Waals surface area contributed by atoms with Crippen molar-refractivity contribution in [1.82, 2.24) is 10.6 Å². The summed E-state index contributed by atoms with van der Waals surface area (Å²) in [7, 11) is -2.94. The zero-order valence-electron chi connectivity index (χ0n) is 12.3. The number of aliphatic imine (C=N–C) groups is 1. The zero-order valence-corrected chi connectivity index (χ0v) is 16.3. The average Bonchev–Trinajstić information content (AvgIpc) is 2.32. The molecule has 9 heteroatoms. The molecule has 0 aliphatic carbocycles. The zero-order chi connectivity index (χ0) is 14.6. The van der Waals surface area contributed by atoms with E-state index >= 15 is 0 Å². The second-order valence-electron chi connectivity index (χ2n) is 3.92. The van der Waals surface area contributed by atoms with Crippen LogP contribution < -0.4 is 10.6 Å². The first-order valence-electron chi connectivity index (χ1n) is 6.26. The Morgan fingerprint density at radius 3 is 2.55 bits per heavy atom. The molecule has 2 N–H and O–H groups in total. The molecule has 0 saturated carbocycles. The molecule has 0 spiro atoms. The lowest BCUT2D eigenvalue weighted by Crippen LogP contribution is -2.38. The number of hydrogen-bond acceptors (Lipinski definition) is 5. The molecule has 0 atom stereocenters. The Labute approximate surface area is 143 Å². The molecular formula is C11H26IN3O3S2. The lowest BCUT2D eigenvalue weighted by Gasteiger charge is -2.10. The third kappa shape index (κ3) is 16.3. The van der Waals surface area contributed by atoms with Crippen molar-refractivity contribution in [1.29, 1.82) is 0 Å². The Bertz CT molecular complexity index is 351. The van der Waals surface area contributed by atoms with E-state index in [0.29, 0.717) is 13.2 Å². The van der Waals surface area contributed by atoms with Gasteiger partial charge >= 0.3 is 0 Å². The van der Waals surface area contributed by atoms with E-state index in [-0.39, 0.29) is 36.3 Å². The number of sulfone groups is 1. The Morgan fingerprint density at radius 2 is 2.00 bits per heavy atom. The molecule has 0 fully saturated rings. The minimum absolute atomic E-state index is 0. The lowest BCUT2D eigenvalue weighted by atomic mass is 10.6. The summed E-state index contributed by atoms with van der Waals surface area (Å²) < 4.78 is 27.0. The molecule has 0 unspecified atom stereocenters. The van der Waals surface area contributed by atoms with Crippen LogP contribution in [0.15, 0.2) is 4.99 Å². The Morgan fingerprint density at radius 1 is 1.30 bits per heavy atom. The van der Waals surface area contributed by atoms with Gasteiger partial charge in [-0.1, -0.05) is 0 Å². The Balaban J connectivity index is 0. The van der Waals surface area contributed by atoms with Crippen molar-refractivity contribution in [2.45, 2.75) is 6.92 Å². The van der Waals surface area contributed by atoms with Crippen molar-refractivity contribution in [2.24, 2.45) is 4.99 Å². The van der Waals surface area contributed by atoms with Gasteiger partial charge in [0.2, 0.25) is 0 Å². The fourth-order valence-corrected chi connectivity index (χ4v) is 1.87. The molecule has 0 radical (unpaired) electrons. The summed E-state index contributed by atoms with van der Waals surface area (Å²) >= 11 is 1.77. The molecule has 0 aliphatic heterocycles. The van der Waals surface area contributed by atoms with E-state index in [0.717, 1.165) is 24.8 Å². The molecule has 0 aromatic carbocycles. The van der Waals surface area contributed by atoms with Crippen LogP contribution in [0.5, 0.6) is 0 Å². The summed E-state index contributed by atoms with van der Waals surface area (Å²) in [5.74, 6) is 1.85. The number of nitrogens with zero attached hydrogens (tertiary/aromatic N) is 1. The van der Waals surface area contributed by atoms with Crippen molar-refractivity contribution in [3.8, 4) is 0 Å². The van der Waals surface area contributed by atoms with E-state index < -0.39 is 9.84 Å². The van der Waals surface area contributed by atoms with Crippen LogP contribution in [0.3, 0.4) is 0 Å². The first-order chi connectivity index (χ1) is 8.99. The number of ether oxygens (including phenoxy) is 1. The molecule has 0 amide bonds. The van der Waals surface area contributed by atoms with E-state index in [1.54, 1.807) is 11.8 Å². The molecule has 20 heavy (non-hydrogen) atoms. The molecule has 0 aromatic rings. The van der Waals surface area contributed by atoms with E-state index in [4.69, 9.17) is 4.74 Å². The number of halogens is 1. The molecule has 0 rings (SSSR count). The molecular weight excluding hydrogens is 413 g/mol. The van der Waals surface area contributed by atoms with Gasteiger partial charge < -0.3 is 15.4 Å². The number of thioether (sulfide) groups is 1. The highest BCUT2D eigenvalue weighted by atomic mass is 127. The third-order valence-electron chi connectivity index (χ3n) is 2.05. The summed E-state index contributed by atoms with van der Waals surface area (Å²) in [6, 6.07) is 0. The van der Waals surface area contributed by atoms with Crippen molar-refractivity contribution in [3.05, 3.63) is 0 Å². The van der Waals surface area contributed by atoms with Crippen LogP contribution in [0.4, 0.5) is 0 Å². The average molecular weight is 439 g/mol. The Kier molecular flexibility index (Phi) is 16.0. The predicted octanol–water partition coefficient (Wildman–Crippen LogP) is 0.584. The topological polar surface area (TPSA) is 79.8 Å². The Hall–Kier alpha value is 0.260. The minimum atomic E-state index is -2.94. The maximum Gasteiger partial charge on any atom is 0.191 e. The highest BCUT2D eigenvalue weighted by Crippen LogP contribution is 1.87. The summed E-state index contributed by atoms with van der Waals surface area (Å²) in [6.07, 6.45) is 3.26. The molecule has 0 bridgehead atoms. The summed E-state index contributed by atoms with van der Waals surface area (Å²) in [5, 5.41) is 6.34. The van der Waals surface area contributed by atoms with E-state index in [1.807, 2.05) is 6.92 Å². The van der Waals surface area contributed by atoms with Crippen molar-refractivity contribution >= 4 is 51.5 Å². The number of rotatable bonds is 10. The normalized spacial score (nSPS) is 11.8. The van der Waals surface area contributed by atoms with Gasteiger partial charge in [0.05, 0.1) is 25.5 Å². The predicted molar refractivity (Wildman–Crippen MR) is 98.3 cm³/mol. The lowest BCUT2D eigenvalue weighted by molar-refractivity contribution is 0.157. The first kappa shape index (κ1) is 22.5. The molecule has 6 nitrogen and oxygen atoms in total. The second-order valence-corrected chi connectivity index (χ2v) is 7.17. The van der Waals surface area contributed by atoms with Gasteiger partial charge in [-0.25, -0.2) is 8.42 Å². The quantitative estimate of drug-likeness (QED) is 0.225. The number of nitrogens with one attached hydrogen (secondary N) is 2. The van der Waals surface area contributed by atoms with Crippen LogP contribution in [-0.4, -0.2) is 71.2 Å². The van der Waals surface area contributed by atoms with Crippen molar-refractivity contribution in [2.75, 3.05) is 56.9 Å². The van der Waals surface area contributed by atoms with Gasteiger partial charge in [0.1, 0.15) is 9.84 Å². The summed E-state index contributed by atoms with van der Waals surface area (Å²) in [4.78, 5) is 4.33. The van der Waals surface area contributed by atoms with Gasteiger partial charge in [-0.3, -0.25) is 4.99 Å². The van der Waals surface area contributed by atoms with E-state index in [1.165, 1.54) is 6.26 Å². The van der Waals surface area contributed by atoms with E-state index in [9.17, 15) is 8.42 Å². The standard InChI is InChI=1S/C11H25N3O3S2.HI/c1-4-12-11(14-6-9-18-2)13-5-7-17-8-10-19(3,15)16;/h4-10H2,1-3H3,(H2,12,13,14);1H. The minimum Gasteiger partial charge on any atom is -0.378 e. The van der Waals surface area contributed by atoms with E-state index in [2.05, 4.69) is 21.9 Å². The first-order valence-corrected chi connectivity index (χ1v) is 9.71. The van der Waals surface area contributed by atoms with Gasteiger partial charge in [-0.05, 0) is 13.2 Å². The monoisotopic (exact) mass is 439 g/mol. The van der Waals surface area contributed by atoms with Crippen LogP contribution in [-0.2, 0) is 14.6 Å². The van der Waals surface area contributed by atoms with Crippen LogP contribution in [0.1, 0.15) is 6.92 Å². The maximum absolute atomic E-state index is 10.9. The van der Waals surface area contributed by atoms with Crippen molar-refractivity contribution < 1.29 is 13.2 Å². The van der Waals surface area contributed by atoms with Crippen molar-refractivity contribution in [3.63, 3.8) is 0 Å². The number of hydrogen-bond donors (Lipinski definition) is 2. The molecule has 122 valence electrons. The summed E-state index contributed by atoms with van der Waals surface area (Å²) in [6.45, 7) is 4.84. The van der Waals surface area contributed by atoms with Gasteiger partial charge in [-0.2, -0.15) is 11.8 Å². The molecule has 0 heterocycles. The molecule has 0 saturated heterocycles.